The summed E-state index contributed by atoms with van der Waals surface area (Å²) in [6.45, 7) is 0. The molecule has 6 nitrogen and oxygen atoms in total. The average Bonchev–Trinajstić information content (AvgIpc) is 3.16. The predicted molar refractivity (Wildman–Crippen MR) is 97.2 cm³/mol. The number of hydrogen-bond acceptors (Lipinski definition) is 5. The smallest absolute Gasteiger partial charge is 0.337 e. The van der Waals surface area contributed by atoms with Crippen molar-refractivity contribution in [1.29, 1.82) is 0 Å². The molecule has 0 fully saturated rings. The third kappa shape index (κ3) is 2.63. The van der Waals surface area contributed by atoms with E-state index in [1.54, 1.807) is 24.3 Å². The largest absolute Gasteiger partial charge is 0.465 e. The summed E-state index contributed by atoms with van der Waals surface area (Å²) in [6.07, 6.45) is 5.19. The molecule has 3 atom stereocenters. The summed E-state index contributed by atoms with van der Waals surface area (Å²) >= 11 is 0. The van der Waals surface area contributed by atoms with Crippen LogP contribution >= 0.6 is 0 Å². The second-order valence-corrected chi connectivity index (χ2v) is 6.62. The Morgan fingerprint density at radius 1 is 1.23 bits per heavy atom. The summed E-state index contributed by atoms with van der Waals surface area (Å²) in [5.74, 6) is 0.0798. The topological polar surface area (TPSA) is 81.5 Å². The molecule has 26 heavy (non-hydrogen) atoms. The average molecular weight is 350 g/mol. The summed E-state index contributed by atoms with van der Waals surface area (Å²) in [7, 11) is 1.36. The van der Waals surface area contributed by atoms with Gasteiger partial charge < -0.3 is 10.1 Å². The van der Waals surface area contributed by atoms with E-state index in [4.69, 9.17) is 4.74 Å². The molecule has 1 aliphatic heterocycles. The van der Waals surface area contributed by atoms with Gasteiger partial charge in [-0.15, -0.1) is 0 Å². The zero-order valence-electron chi connectivity index (χ0n) is 14.2. The minimum absolute atomic E-state index is 0.0793. The highest BCUT2D eigenvalue weighted by molar-refractivity contribution is 5.89. The van der Waals surface area contributed by atoms with Crippen LogP contribution in [0.4, 0.5) is 11.4 Å². The molecule has 6 heteroatoms. The third-order valence-electron chi connectivity index (χ3n) is 5.25. The molecular weight excluding hydrogens is 332 g/mol. The van der Waals surface area contributed by atoms with E-state index in [0.29, 0.717) is 5.56 Å². The van der Waals surface area contributed by atoms with Gasteiger partial charge in [0.05, 0.1) is 23.6 Å². The molecule has 2 aliphatic rings. The molecule has 1 N–H and O–H groups in total. The fourth-order valence-corrected chi connectivity index (χ4v) is 3.97. The van der Waals surface area contributed by atoms with Crippen molar-refractivity contribution in [3.63, 3.8) is 0 Å². The van der Waals surface area contributed by atoms with Crippen molar-refractivity contribution in [2.75, 3.05) is 12.4 Å². The molecule has 0 saturated heterocycles. The molecule has 0 bridgehead atoms. The number of benzene rings is 2. The van der Waals surface area contributed by atoms with E-state index in [9.17, 15) is 14.9 Å². The monoisotopic (exact) mass is 350 g/mol. The van der Waals surface area contributed by atoms with Gasteiger partial charge >= 0.3 is 5.97 Å². The molecule has 2 aromatic rings. The number of allylic oxidation sites excluding steroid dienone is 2. The molecule has 0 amide bonds. The predicted octanol–water partition coefficient (Wildman–Crippen LogP) is 4.21. The van der Waals surface area contributed by atoms with E-state index in [0.717, 1.165) is 23.2 Å². The summed E-state index contributed by atoms with van der Waals surface area (Å²) in [5.41, 5.74) is 3.61. The van der Waals surface area contributed by atoms with Crippen molar-refractivity contribution >= 4 is 17.3 Å². The van der Waals surface area contributed by atoms with E-state index < -0.39 is 0 Å². The number of methoxy groups -OCH3 is 1. The van der Waals surface area contributed by atoms with Gasteiger partial charge in [0.15, 0.2) is 0 Å². The quantitative estimate of drug-likeness (QED) is 0.388. The molecule has 1 aliphatic carbocycles. The number of ether oxygens (including phenoxy) is 1. The SMILES string of the molecule is COC(=O)c1ccc([C@@H]2Nc3ccc([N+](=O)[O-])cc3[C@H]3C=CC[C@@H]32)cc1. The number of nitrogens with one attached hydrogen (secondary N) is 1. The number of hydrogen-bond donors (Lipinski definition) is 1. The fraction of sp³-hybridized carbons (Fsp3) is 0.250. The number of esters is 1. The van der Waals surface area contributed by atoms with Crippen LogP contribution < -0.4 is 5.32 Å². The molecule has 1 heterocycles. The number of nitro groups is 1. The van der Waals surface area contributed by atoms with Crippen molar-refractivity contribution in [1.82, 2.24) is 0 Å². The minimum Gasteiger partial charge on any atom is -0.465 e. The molecule has 132 valence electrons. The van der Waals surface area contributed by atoms with Gasteiger partial charge in [0.25, 0.3) is 5.69 Å². The van der Waals surface area contributed by atoms with Gasteiger partial charge in [-0.2, -0.15) is 0 Å². The first kappa shape index (κ1) is 16.3. The summed E-state index contributed by atoms with van der Waals surface area (Å²) in [5, 5.41) is 14.6. The lowest BCUT2D eigenvalue weighted by Crippen LogP contribution is -2.29. The number of nitrogens with zero attached hydrogens (tertiary/aromatic N) is 1. The normalized spacial score (nSPS) is 22.9. The highest BCUT2D eigenvalue weighted by Crippen LogP contribution is 2.50. The second kappa shape index (κ2) is 6.29. The fourth-order valence-electron chi connectivity index (χ4n) is 3.97. The first-order chi connectivity index (χ1) is 12.6. The van der Waals surface area contributed by atoms with Gasteiger partial charge in [-0.1, -0.05) is 24.3 Å². The number of carbonyl (C=O) groups excluding carboxylic acids is 1. The number of non-ortho nitro benzene ring substituents is 1. The van der Waals surface area contributed by atoms with Gasteiger partial charge in [0.1, 0.15) is 0 Å². The minimum atomic E-state index is -0.356. The lowest BCUT2D eigenvalue weighted by atomic mass is 9.77. The summed E-state index contributed by atoms with van der Waals surface area (Å²) in [6, 6.07) is 12.5. The van der Waals surface area contributed by atoms with Crippen LogP contribution in [-0.2, 0) is 4.74 Å². The van der Waals surface area contributed by atoms with Crippen LogP contribution in [0, 0.1) is 16.0 Å². The maximum absolute atomic E-state index is 11.6. The van der Waals surface area contributed by atoms with Crippen molar-refractivity contribution < 1.29 is 14.5 Å². The van der Waals surface area contributed by atoms with Crippen molar-refractivity contribution in [2.24, 2.45) is 5.92 Å². The van der Waals surface area contributed by atoms with Gasteiger partial charge in [-0.3, -0.25) is 10.1 Å². The number of fused-ring (bicyclic) bond motifs is 3. The maximum Gasteiger partial charge on any atom is 0.337 e. The highest BCUT2D eigenvalue weighted by Gasteiger charge is 2.38. The van der Waals surface area contributed by atoms with E-state index in [1.807, 2.05) is 12.1 Å². The standard InChI is InChI=1S/C20H18N2O4/c1-26-20(23)13-7-5-12(6-8-13)19-16-4-2-3-15(16)17-11-14(22(24)25)9-10-18(17)21-19/h2-3,5-11,15-16,19,21H,4H2,1H3/t15-,16-,19-/m0/s1. The Bertz CT molecular complexity index is 905. The second-order valence-electron chi connectivity index (χ2n) is 6.62. The Morgan fingerprint density at radius 2 is 2.00 bits per heavy atom. The molecule has 4 rings (SSSR count). The zero-order chi connectivity index (χ0) is 18.3. The summed E-state index contributed by atoms with van der Waals surface area (Å²) < 4.78 is 4.75. The van der Waals surface area contributed by atoms with Gasteiger partial charge in [-0.05, 0) is 41.7 Å². The molecule has 0 radical (unpaired) electrons. The first-order valence-electron chi connectivity index (χ1n) is 8.48. The maximum atomic E-state index is 11.6. The van der Waals surface area contributed by atoms with Crippen LogP contribution in [0.2, 0.25) is 0 Å². The third-order valence-corrected chi connectivity index (χ3v) is 5.25. The lowest BCUT2D eigenvalue weighted by Gasteiger charge is -2.37. The zero-order valence-corrected chi connectivity index (χ0v) is 14.2. The first-order valence-corrected chi connectivity index (χ1v) is 8.48. The Morgan fingerprint density at radius 3 is 2.69 bits per heavy atom. The van der Waals surface area contributed by atoms with E-state index in [2.05, 4.69) is 17.5 Å². The van der Waals surface area contributed by atoms with Crippen LogP contribution in [0.25, 0.3) is 0 Å². The number of carbonyl (C=O) groups is 1. The van der Waals surface area contributed by atoms with Crippen LogP contribution in [-0.4, -0.2) is 18.0 Å². The van der Waals surface area contributed by atoms with E-state index in [-0.39, 0.29) is 34.5 Å². The van der Waals surface area contributed by atoms with Gasteiger partial charge in [-0.25, -0.2) is 4.79 Å². The molecular formula is C20H18N2O4. The highest BCUT2D eigenvalue weighted by atomic mass is 16.6. The molecule has 0 unspecified atom stereocenters. The van der Waals surface area contributed by atoms with Gasteiger partial charge in [0, 0.05) is 23.7 Å². The molecule has 0 spiro atoms. The Balaban J connectivity index is 1.69. The summed E-state index contributed by atoms with van der Waals surface area (Å²) in [4.78, 5) is 22.4. The lowest BCUT2D eigenvalue weighted by molar-refractivity contribution is -0.384. The molecule has 2 aromatic carbocycles. The van der Waals surface area contributed by atoms with Crippen molar-refractivity contribution in [3.8, 4) is 0 Å². The molecule has 0 saturated carbocycles. The van der Waals surface area contributed by atoms with Crippen molar-refractivity contribution in [3.05, 3.63) is 81.4 Å². The Hall–Kier alpha value is -3.15. The Kier molecular flexibility index (Phi) is 3.95. The Labute approximate surface area is 150 Å². The number of rotatable bonds is 3. The van der Waals surface area contributed by atoms with E-state index >= 15 is 0 Å². The van der Waals surface area contributed by atoms with Crippen LogP contribution in [0.3, 0.4) is 0 Å². The van der Waals surface area contributed by atoms with Crippen molar-refractivity contribution in [2.45, 2.75) is 18.4 Å². The van der Waals surface area contributed by atoms with Crippen LogP contribution in [0.1, 0.15) is 39.9 Å². The molecule has 0 aromatic heterocycles. The van der Waals surface area contributed by atoms with Gasteiger partial charge in [0.2, 0.25) is 0 Å². The number of nitro benzene ring substituents is 1. The van der Waals surface area contributed by atoms with Crippen LogP contribution in [0.5, 0.6) is 0 Å². The van der Waals surface area contributed by atoms with Crippen LogP contribution in [0.15, 0.2) is 54.6 Å². The van der Waals surface area contributed by atoms with E-state index in [1.165, 1.54) is 13.2 Å². The number of anilines is 1.